The quantitative estimate of drug-likeness (QED) is 0.237. The maximum absolute atomic E-state index is 11.8. The van der Waals surface area contributed by atoms with Crippen LogP contribution in [0.5, 0.6) is 0 Å². The van der Waals surface area contributed by atoms with Gasteiger partial charge in [0.15, 0.2) is 0 Å². The van der Waals surface area contributed by atoms with Crippen LogP contribution in [0.15, 0.2) is 0 Å². The van der Waals surface area contributed by atoms with E-state index >= 15 is 0 Å². The Morgan fingerprint density at radius 2 is 1.52 bits per heavy atom. The van der Waals surface area contributed by atoms with Gasteiger partial charge in [-0.3, -0.25) is 4.57 Å². The lowest BCUT2D eigenvalue weighted by Gasteiger charge is -2.29. The van der Waals surface area contributed by atoms with Gasteiger partial charge in [-0.05, 0) is 6.42 Å². The molecular weight excluding hydrogens is 341 g/mol. The van der Waals surface area contributed by atoms with Crippen molar-refractivity contribution in [1.82, 2.24) is 0 Å². The molecule has 0 radical (unpaired) electrons. The average Bonchev–Trinajstić information content (AvgIpc) is 2.50. The van der Waals surface area contributed by atoms with E-state index in [4.69, 9.17) is 9.05 Å². The van der Waals surface area contributed by atoms with Crippen molar-refractivity contribution in [1.29, 1.82) is 0 Å². The molecule has 0 bridgehead atoms. The van der Waals surface area contributed by atoms with E-state index in [2.05, 4.69) is 6.92 Å². The monoisotopic (exact) mass is 381 g/mol. The van der Waals surface area contributed by atoms with Crippen LogP contribution in [-0.2, 0) is 13.6 Å². The Balaban J connectivity index is 3.80. The fourth-order valence-corrected chi connectivity index (χ4v) is 3.40. The van der Waals surface area contributed by atoms with E-state index in [9.17, 15) is 14.6 Å². The fraction of sp³-hybridized carbons (Fsp3) is 1.00. The molecule has 0 fully saturated rings. The molecule has 0 aliphatic heterocycles. The molecule has 0 aliphatic rings. The first kappa shape index (κ1) is 25.0. The predicted octanol–water partition coefficient (Wildman–Crippen LogP) is 3.48. The summed E-state index contributed by atoms with van der Waals surface area (Å²) in [6.45, 7) is 2.56. The fourth-order valence-electron chi connectivity index (χ4n) is 2.50. The number of hydrogen-bond acceptors (Lipinski definition) is 5. The zero-order valence-corrected chi connectivity index (χ0v) is 17.6. The van der Waals surface area contributed by atoms with Crippen LogP contribution in [0.1, 0.15) is 71.1 Å². The molecule has 152 valence electrons. The van der Waals surface area contributed by atoms with Crippen LogP contribution in [0, 0.1) is 0 Å². The van der Waals surface area contributed by atoms with Gasteiger partial charge in [-0.1, -0.05) is 64.7 Å². The summed E-state index contributed by atoms with van der Waals surface area (Å²) in [5.41, 5.74) is 0. The number of rotatable bonds is 17. The molecule has 2 unspecified atom stereocenters. The van der Waals surface area contributed by atoms with Gasteiger partial charge in [-0.2, -0.15) is 0 Å². The molecule has 0 saturated carbocycles. The summed E-state index contributed by atoms with van der Waals surface area (Å²) in [4.78, 5) is 11.8. The lowest BCUT2D eigenvalue weighted by atomic mass is 10.1. The molecular formula is C18H40NO5P. The molecule has 0 aromatic heterocycles. The summed E-state index contributed by atoms with van der Waals surface area (Å²) in [7, 11) is 1.53. The van der Waals surface area contributed by atoms with Crippen molar-refractivity contribution in [2.75, 3.05) is 40.9 Å². The zero-order chi connectivity index (χ0) is 19.2. The van der Waals surface area contributed by atoms with Crippen molar-refractivity contribution in [2.45, 2.75) is 77.2 Å². The average molecular weight is 381 g/mol. The van der Waals surface area contributed by atoms with E-state index in [-0.39, 0.29) is 13.2 Å². The van der Waals surface area contributed by atoms with E-state index in [0.717, 1.165) is 19.3 Å². The highest BCUT2D eigenvalue weighted by molar-refractivity contribution is 7.45. The Bertz CT molecular complexity index is 360. The second-order valence-corrected chi connectivity index (χ2v) is 9.18. The summed E-state index contributed by atoms with van der Waals surface area (Å²) in [6.07, 6.45) is 10.6. The number of phosphoric acid groups is 1. The SMILES string of the molecule is CCCCCCCCCCCC(CO)OP(=O)([O-])OCC[N+](C)(C)C. The Morgan fingerprint density at radius 3 is 2.00 bits per heavy atom. The summed E-state index contributed by atoms with van der Waals surface area (Å²) >= 11 is 0. The molecule has 0 aromatic rings. The van der Waals surface area contributed by atoms with Crippen molar-refractivity contribution >= 4 is 7.82 Å². The normalized spacial score (nSPS) is 15.9. The van der Waals surface area contributed by atoms with E-state index in [0.29, 0.717) is 17.4 Å². The molecule has 0 heterocycles. The van der Waals surface area contributed by atoms with Crippen LogP contribution in [-0.4, -0.2) is 56.6 Å². The minimum atomic E-state index is -4.35. The molecule has 0 aliphatic carbocycles. The molecule has 2 atom stereocenters. The number of aliphatic hydroxyl groups excluding tert-OH is 1. The summed E-state index contributed by atoms with van der Waals surface area (Å²) in [6, 6.07) is 0. The van der Waals surface area contributed by atoms with Crippen LogP contribution in [0.3, 0.4) is 0 Å². The molecule has 25 heavy (non-hydrogen) atoms. The van der Waals surface area contributed by atoms with Gasteiger partial charge in [0, 0.05) is 0 Å². The van der Waals surface area contributed by atoms with Crippen LogP contribution < -0.4 is 4.89 Å². The van der Waals surface area contributed by atoms with E-state index in [1.54, 1.807) is 0 Å². The first-order valence-electron chi connectivity index (χ1n) is 9.75. The van der Waals surface area contributed by atoms with Gasteiger partial charge in [0.05, 0.1) is 33.9 Å². The second-order valence-electron chi connectivity index (χ2n) is 7.82. The Kier molecular flexibility index (Phi) is 14.1. The van der Waals surface area contributed by atoms with Gasteiger partial charge in [0.1, 0.15) is 13.2 Å². The van der Waals surface area contributed by atoms with Gasteiger partial charge in [-0.25, -0.2) is 0 Å². The molecule has 1 N–H and O–H groups in total. The number of quaternary nitrogens is 1. The Labute approximate surface area is 154 Å². The number of aliphatic hydroxyl groups is 1. The third kappa shape index (κ3) is 17.2. The predicted molar refractivity (Wildman–Crippen MR) is 100 cm³/mol. The highest BCUT2D eigenvalue weighted by Crippen LogP contribution is 2.40. The van der Waals surface area contributed by atoms with Crippen LogP contribution in [0.25, 0.3) is 0 Å². The van der Waals surface area contributed by atoms with E-state index < -0.39 is 13.9 Å². The topological polar surface area (TPSA) is 78.8 Å². The number of hydrogen-bond donors (Lipinski definition) is 1. The number of phosphoric ester groups is 1. The largest absolute Gasteiger partial charge is 0.756 e. The van der Waals surface area contributed by atoms with E-state index in [1.165, 1.54) is 38.5 Å². The standard InChI is InChI=1S/C18H40NO5P/c1-5-6-7-8-9-10-11-12-13-14-18(17-20)24-25(21,22)23-16-15-19(2,3)4/h18,20H,5-17H2,1-4H3. The van der Waals surface area contributed by atoms with Crippen molar-refractivity contribution in [3.8, 4) is 0 Å². The summed E-state index contributed by atoms with van der Waals surface area (Å²) in [5, 5.41) is 9.32. The zero-order valence-electron chi connectivity index (χ0n) is 16.7. The molecule has 0 saturated heterocycles. The third-order valence-electron chi connectivity index (χ3n) is 4.12. The van der Waals surface area contributed by atoms with Crippen molar-refractivity contribution in [2.24, 2.45) is 0 Å². The summed E-state index contributed by atoms with van der Waals surface area (Å²) < 4.78 is 22.3. The highest BCUT2D eigenvalue weighted by Gasteiger charge is 2.18. The smallest absolute Gasteiger partial charge is 0.268 e. The highest BCUT2D eigenvalue weighted by atomic mass is 31.2. The maximum Gasteiger partial charge on any atom is 0.268 e. The van der Waals surface area contributed by atoms with Crippen molar-refractivity contribution in [3.63, 3.8) is 0 Å². The van der Waals surface area contributed by atoms with Gasteiger partial charge in [0.25, 0.3) is 7.82 Å². The molecule has 7 heteroatoms. The van der Waals surface area contributed by atoms with Crippen molar-refractivity contribution < 1.29 is 28.1 Å². The van der Waals surface area contributed by atoms with Gasteiger partial charge >= 0.3 is 0 Å². The minimum absolute atomic E-state index is 0.0838. The van der Waals surface area contributed by atoms with Crippen molar-refractivity contribution in [3.05, 3.63) is 0 Å². The van der Waals surface area contributed by atoms with E-state index in [1.807, 2.05) is 21.1 Å². The molecule has 6 nitrogen and oxygen atoms in total. The Morgan fingerprint density at radius 1 is 1.00 bits per heavy atom. The number of nitrogens with zero attached hydrogens (tertiary/aromatic N) is 1. The second kappa shape index (κ2) is 14.1. The van der Waals surface area contributed by atoms with Gasteiger partial charge in [0.2, 0.25) is 0 Å². The lowest BCUT2D eigenvalue weighted by Crippen LogP contribution is -2.37. The Hall–Kier alpha value is 0.0300. The maximum atomic E-state index is 11.8. The summed E-state index contributed by atoms with van der Waals surface area (Å²) in [5.74, 6) is 0. The molecule has 0 spiro atoms. The number of unbranched alkanes of at least 4 members (excludes halogenated alkanes) is 8. The first-order chi connectivity index (χ1) is 11.7. The third-order valence-corrected chi connectivity index (χ3v) is 5.18. The molecule has 0 rings (SSSR count). The minimum Gasteiger partial charge on any atom is -0.756 e. The number of likely N-dealkylation sites (N-methyl/N-ethyl adjacent to an activating group) is 1. The van der Waals surface area contributed by atoms with Crippen LogP contribution >= 0.6 is 7.82 Å². The van der Waals surface area contributed by atoms with Crippen LogP contribution in [0.2, 0.25) is 0 Å². The van der Waals surface area contributed by atoms with Crippen LogP contribution in [0.4, 0.5) is 0 Å². The molecule has 0 amide bonds. The van der Waals surface area contributed by atoms with Gasteiger partial charge < -0.3 is 23.5 Å². The lowest BCUT2D eigenvalue weighted by molar-refractivity contribution is -0.870. The van der Waals surface area contributed by atoms with Gasteiger partial charge in [-0.15, -0.1) is 0 Å². The first-order valence-corrected chi connectivity index (χ1v) is 11.2. The molecule has 0 aromatic carbocycles.